The van der Waals surface area contributed by atoms with Gasteiger partial charge in [-0.1, -0.05) is 12.1 Å². The van der Waals surface area contributed by atoms with E-state index in [9.17, 15) is 4.79 Å². The highest BCUT2D eigenvalue weighted by Crippen LogP contribution is 2.64. The average molecular weight is 259 g/mol. The second kappa shape index (κ2) is 4.20. The smallest absolute Gasteiger partial charge is 0.128 e. The zero-order valence-electron chi connectivity index (χ0n) is 12.2. The number of nitrogen functional groups attached to an aromatic ring is 1. The van der Waals surface area contributed by atoms with E-state index in [-0.39, 0.29) is 5.54 Å². The normalized spacial score (nSPS) is 29.7. The molecule has 0 aliphatic heterocycles. The van der Waals surface area contributed by atoms with Crippen LogP contribution in [0.15, 0.2) is 29.8 Å². The SMILES string of the molecule is CN(C)C1(C)C(=C=O)C1(c1ccc(N)cc1)N(C)C. The number of likely N-dealkylation sites (N-methyl/N-ethyl adjacent to an activating group) is 2. The summed E-state index contributed by atoms with van der Waals surface area (Å²) in [6.07, 6.45) is 0. The number of anilines is 1. The van der Waals surface area contributed by atoms with Gasteiger partial charge in [0.2, 0.25) is 0 Å². The predicted octanol–water partition coefficient (Wildman–Crippen LogP) is 1.12. The Morgan fingerprint density at radius 2 is 1.58 bits per heavy atom. The predicted molar refractivity (Wildman–Crippen MR) is 77.5 cm³/mol. The molecule has 0 heterocycles. The number of hydrogen-bond donors (Lipinski definition) is 1. The van der Waals surface area contributed by atoms with Crippen molar-refractivity contribution < 1.29 is 4.79 Å². The summed E-state index contributed by atoms with van der Waals surface area (Å²) in [4.78, 5) is 15.6. The first kappa shape index (κ1) is 13.8. The number of rotatable bonds is 3. The van der Waals surface area contributed by atoms with Crippen molar-refractivity contribution in [3.05, 3.63) is 35.4 Å². The van der Waals surface area contributed by atoms with Gasteiger partial charge in [-0.3, -0.25) is 9.80 Å². The molecule has 19 heavy (non-hydrogen) atoms. The maximum absolute atomic E-state index is 11.4. The minimum Gasteiger partial charge on any atom is -0.399 e. The van der Waals surface area contributed by atoms with Gasteiger partial charge >= 0.3 is 0 Å². The fraction of sp³-hybridized carbons (Fsp3) is 0.467. The van der Waals surface area contributed by atoms with Gasteiger partial charge in [-0.2, -0.15) is 0 Å². The van der Waals surface area contributed by atoms with Crippen molar-refractivity contribution in [2.45, 2.75) is 18.0 Å². The van der Waals surface area contributed by atoms with Crippen molar-refractivity contribution in [2.24, 2.45) is 0 Å². The second-order valence-electron chi connectivity index (χ2n) is 5.67. The number of nitrogens with two attached hydrogens (primary N) is 1. The van der Waals surface area contributed by atoms with Crippen molar-refractivity contribution in [3.8, 4) is 0 Å². The Bertz CT molecular complexity index is 543. The van der Waals surface area contributed by atoms with Gasteiger partial charge in [-0.25, -0.2) is 4.79 Å². The summed E-state index contributed by atoms with van der Waals surface area (Å²) in [7, 11) is 7.95. The van der Waals surface area contributed by atoms with E-state index in [1.54, 1.807) is 0 Å². The summed E-state index contributed by atoms with van der Waals surface area (Å²) in [6, 6.07) is 7.72. The molecular weight excluding hydrogens is 238 g/mol. The van der Waals surface area contributed by atoms with E-state index >= 15 is 0 Å². The molecule has 0 amide bonds. The van der Waals surface area contributed by atoms with Crippen LogP contribution in [0.3, 0.4) is 0 Å². The number of hydrogen-bond acceptors (Lipinski definition) is 4. The maximum atomic E-state index is 11.4. The third-order valence-electron chi connectivity index (χ3n) is 4.49. The van der Waals surface area contributed by atoms with Crippen LogP contribution in [0.25, 0.3) is 0 Å². The van der Waals surface area contributed by atoms with Crippen LogP contribution in [0.2, 0.25) is 0 Å². The molecule has 0 radical (unpaired) electrons. The number of benzene rings is 1. The fourth-order valence-electron chi connectivity index (χ4n) is 3.29. The lowest BCUT2D eigenvalue weighted by Gasteiger charge is -2.32. The topological polar surface area (TPSA) is 49.6 Å². The number of carbonyl (C=O) groups excluding carboxylic acids is 1. The van der Waals surface area contributed by atoms with Gasteiger partial charge in [0.05, 0.1) is 11.1 Å². The third-order valence-corrected chi connectivity index (χ3v) is 4.49. The Kier molecular flexibility index (Phi) is 3.06. The molecule has 2 unspecified atom stereocenters. The highest BCUT2D eigenvalue weighted by atomic mass is 16.1. The summed E-state index contributed by atoms with van der Waals surface area (Å²) in [5, 5.41) is 0. The van der Waals surface area contributed by atoms with Gasteiger partial charge in [-0.05, 0) is 52.8 Å². The van der Waals surface area contributed by atoms with E-state index in [1.165, 1.54) is 0 Å². The van der Waals surface area contributed by atoms with Crippen molar-refractivity contribution in [2.75, 3.05) is 33.9 Å². The first-order chi connectivity index (χ1) is 8.83. The lowest BCUT2D eigenvalue weighted by Crippen LogP contribution is -2.43. The van der Waals surface area contributed by atoms with E-state index < -0.39 is 5.54 Å². The largest absolute Gasteiger partial charge is 0.399 e. The molecule has 4 nitrogen and oxygen atoms in total. The van der Waals surface area contributed by atoms with E-state index in [0.29, 0.717) is 0 Å². The van der Waals surface area contributed by atoms with E-state index in [2.05, 4.69) is 22.7 Å². The van der Waals surface area contributed by atoms with Gasteiger partial charge in [-0.15, -0.1) is 0 Å². The first-order valence-electron chi connectivity index (χ1n) is 6.30. The lowest BCUT2D eigenvalue weighted by molar-refractivity contribution is 0.163. The molecular formula is C15H21N3O. The van der Waals surface area contributed by atoms with E-state index in [0.717, 1.165) is 16.8 Å². The molecule has 102 valence electrons. The molecule has 0 aromatic heterocycles. The molecule has 1 aromatic carbocycles. The zero-order chi connectivity index (χ0) is 14.4. The van der Waals surface area contributed by atoms with Gasteiger partial charge in [0, 0.05) is 5.69 Å². The van der Waals surface area contributed by atoms with E-state index in [4.69, 9.17) is 5.73 Å². The molecule has 1 aliphatic carbocycles. The monoisotopic (exact) mass is 259 g/mol. The summed E-state index contributed by atoms with van der Waals surface area (Å²) in [5.74, 6) is 2.15. The quantitative estimate of drug-likeness (QED) is 0.653. The molecule has 0 bridgehead atoms. The van der Waals surface area contributed by atoms with Crippen LogP contribution in [0.5, 0.6) is 0 Å². The summed E-state index contributed by atoms with van der Waals surface area (Å²) >= 11 is 0. The van der Waals surface area contributed by atoms with Crippen LogP contribution >= 0.6 is 0 Å². The first-order valence-corrected chi connectivity index (χ1v) is 6.30. The minimum absolute atomic E-state index is 0.339. The van der Waals surface area contributed by atoms with Crippen LogP contribution in [-0.4, -0.2) is 49.5 Å². The highest BCUT2D eigenvalue weighted by molar-refractivity contribution is 5.77. The molecule has 1 saturated carbocycles. The van der Waals surface area contributed by atoms with Gasteiger partial charge in [0.1, 0.15) is 11.5 Å². The Hall–Kier alpha value is -1.61. The van der Waals surface area contributed by atoms with Crippen molar-refractivity contribution in [1.82, 2.24) is 9.80 Å². The van der Waals surface area contributed by atoms with Crippen molar-refractivity contribution in [3.63, 3.8) is 0 Å². The van der Waals surface area contributed by atoms with Crippen LogP contribution in [-0.2, 0) is 10.3 Å². The third kappa shape index (κ3) is 1.51. The Labute approximate surface area is 114 Å². The standard InChI is InChI=1S/C15H21N3O/c1-14(17(2)3)13(10-19)15(14,18(4)5)11-6-8-12(16)9-7-11/h6-9H,16H2,1-5H3. The van der Waals surface area contributed by atoms with Gasteiger partial charge in [0.25, 0.3) is 0 Å². The molecule has 0 spiro atoms. The van der Waals surface area contributed by atoms with Gasteiger partial charge in [0.15, 0.2) is 0 Å². The van der Waals surface area contributed by atoms with Crippen LogP contribution in [0.4, 0.5) is 5.69 Å². The van der Waals surface area contributed by atoms with E-state index in [1.807, 2.05) is 52.5 Å². The highest BCUT2D eigenvalue weighted by Gasteiger charge is 2.75. The average Bonchev–Trinajstić information content (AvgIpc) is 2.92. The Balaban J connectivity index is 2.65. The minimum atomic E-state index is -0.425. The van der Waals surface area contributed by atoms with Crippen molar-refractivity contribution >= 4 is 11.6 Å². The molecule has 1 aromatic rings. The summed E-state index contributed by atoms with van der Waals surface area (Å²) in [5.41, 5.74) is 7.55. The summed E-state index contributed by atoms with van der Waals surface area (Å²) in [6.45, 7) is 2.07. The zero-order valence-corrected chi connectivity index (χ0v) is 12.2. The molecule has 1 aliphatic rings. The second-order valence-corrected chi connectivity index (χ2v) is 5.67. The molecule has 2 rings (SSSR count). The molecule has 4 heteroatoms. The number of nitrogens with zero attached hydrogens (tertiary/aromatic N) is 2. The fourth-order valence-corrected chi connectivity index (χ4v) is 3.29. The Morgan fingerprint density at radius 3 is 1.89 bits per heavy atom. The molecule has 2 atom stereocenters. The lowest BCUT2D eigenvalue weighted by atomic mass is 9.97. The molecule has 1 fully saturated rings. The molecule has 0 saturated heterocycles. The maximum Gasteiger partial charge on any atom is 0.128 e. The van der Waals surface area contributed by atoms with Crippen LogP contribution in [0.1, 0.15) is 12.5 Å². The van der Waals surface area contributed by atoms with Crippen LogP contribution < -0.4 is 5.73 Å². The summed E-state index contributed by atoms with van der Waals surface area (Å²) < 4.78 is 0. The van der Waals surface area contributed by atoms with Crippen LogP contribution in [0, 0.1) is 0 Å². The Morgan fingerprint density at radius 1 is 1.05 bits per heavy atom. The van der Waals surface area contributed by atoms with Crippen molar-refractivity contribution in [1.29, 1.82) is 0 Å². The van der Waals surface area contributed by atoms with Gasteiger partial charge < -0.3 is 5.73 Å². The molecule has 2 N–H and O–H groups in total.